The summed E-state index contributed by atoms with van der Waals surface area (Å²) in [5, 5.41) is 3.43. The Hall–Kier alpha value is -0.990. The number of nitrogens with two attached hydrogens (primary N) is 1. The first kappa shape index (κ1) is 16.1. The summed E-state index contributed by atoms with van der Waals surface area (Å²) in [6.07, 6.45) is 2.92. The number of nitrogens with one attached hydrogen (secondary N) is 1. The van der Waals surface area contributed by atoms with Gasteiger partial charge in [0.05, 0.1) is 10.7 Å². The maximum Gasteiger partial charge on any atom is 0.221 e. The van der Waals surface area contributed by atoms with Crippen LogP contribution in [0.1, 0.15) is 31.5 Å². The quantitative estimate of drug-likeness (QED) is 0.715. The highest BCUT2D eigenvalue weighted by molar-refractivity contribution is 7.93. The molecule has 1 atom stereocenters. The van der Waals surface area contributed by atoms with Crippen molar-refractivity contribution in [3.63, 3.8) is 0 Å². The maximum atomic E-state index is 12.1. The fourth-order valence-corrected chi connectivity index (χ4v) is 3.73. The normalized spacial score (nSPS) is 13.4. The molecule has 1 aromatic rings. The van der Waals surface area contributed by atoms with Gasteiger partial charge in [-0.05, 0) is 12.8 Å². The molecular formula is C11H20N4O2S2. The molecule has 0 saturated carbocycles. The van der Waals surface area contributed by atoms with E-state index >= 15 is 0 Å². The van der Waals surface area contributed by atoms with E-state index in [1.165, 1.54) is 0 Å². The first-order valence-electron chi connectivity index (χ1n) is 6.11. The second-order valence-electron chi connectivity index (χ2n) is 4.29. The van der Waals surface area contributed by atoms with Crippen molar-refractivity contribution in [3.05, 3.63) is 17.5 Å². The summed E-state index contributed by atoms with van der Waals surface area (Å²) in [5.41, 5.74) is 7.21. The molecule has 108 valence electrons. The van der Waals surface area contributed by atoms with E-state index in [4.69, 9.17) is 18.0 Å². The molecule has 6 nitrogen and oxygen atoms in total. The first-order valence-corrected chi connectivity index (χ1v) is 8.06. The molecular weight excluding hydrogens is 284 g/mol. The zero-order chi connectivity index (χ0) is 14.6. The molecule has 19 heavy (non-hydrogen) atoms. The average molecular weight is 304 g/mol. The van der Waals surface area contributed by atoms with Gasteiger partial charge in [-0.25, -0.2) is 13.1 Å². The Balaban J connectivity index is 2.83. The zero-order valence-electron chi connectivity index (χ0n) is 11.4. The van der Waals surface area contributed by atoms with Crippen molar-refractivity contribution < 1.29 is 8.42 Å². The molecule has 0 bridgehead atoms. The van der Waals surface area contributed by atoms with Gasteiger partial charge in [-0.15, -0.1) is 0 Å². The van der Waals surface area contributed by atoms with Crippen molar-refractivity contribution in [2.45, 2.75) is 38.5 Å². The number of rotatable bonds is 7. The molecule has 0 spiro atoms. The van der Waals surface area contributed by atoms with E-state index in [0.717, 1.165) is 17.7 Å². The molecule has 0 aliphatic heterocycles. The largest absolute Gasteiger partial charge is 0.392 e. The molecule has 0 radical (unpaired) electrons. The van der Waals surface area contributed by atoms with Crippen molar-refractivity contribution in [3.8, 4) is 0 Å². The van der Waals surface area contributed by atoms with Crippen LogP contribution in [0.2, 0.25) is 0 Å². The molecule has 3 N–H and O–H groups in total. The third kappa shape index (κ3) is 3.99. The Morgan fingerprint density at radius 2 is 2.21 bits per heavy atom. The van der Waals surface area contributed by atoms with Crippen LogP contribution in [-0.4, -0.2) is 28.4 Å². The summed E-state index contributed by atoms with van der Waals surface area (Å²) in [6.45, 7) is 3.92. The Kier molecular flexibility index (Phi) is 5.45. The Morgan fingerprint density at radius 1 is 1.58 bits per heavy atom. The van der Waals surface area contributed by atoms with E-state index in [-0.39, 0.29) is 11.5 Å². The summed E-state index contributed by atoms with van der Waals surface area (Å²) in [6, 6.07) is 0. The average Bonchev–Trinajstić information content (AvgIpc) is 2.67. The monoisotopic (exact) mass is 304 g/mol. The smallest absolute Gasteiger partial charge is 0.221 e. The van der Waals surface area contributed by atoms with E-state index in [0.29, 0.717) is 6.42 Å². The van der Waals surface area contributed by atoms with Gasteiger partial charge in [0.2, 0.25) is 10.0 Å². The molecule has 0 aromatic carbocycles. The van der Waals surface area contributed by atoms with Crippen LogP contribution in [0.4, 0.5) is 0 Å². The van der Waals surface area contributed by atoms with Crippen LogP contribution >= 0.6 is 12.2 Å². The fourth-order valence-electron chi connectivity index (χ4n) is 1.88. The highest BCUT2D eigenvalue weighted by Crippen LogP contribution is 2.10. The van der Waals surface area contributed by atoms with E-state index < -0.39 is 15.3 Å². The van der Waals surface area contributed by atoms with Gasteiger partial charge in [0.1, 0.15) is 5.25 Å². The van der Waals surface area contributed by atoms with Gasteiger partial charge < -0.3 is 5.73 Å². The second-order valence-corrected chi connectivity index (χ2v) is 6.71. The molecule has 0 aliphatic rings. The van der Waals surface area contributed by atoms with Crippen LogP contribution in [0.3, 0.4) is 0 Å². The van der Waals surface area contributed by atoms with Gasteiger partial charge in [-0.3, -0.25) is 4.68 Å². The fraction of sp³-hybridized carbons (Fsp3) is 0.636. The van der Waals surface area contributed by atoms with Gasteiger partial charge in [-0.1, -0.05) is 26.1 Å². The number of thiocarbonyl (C=S) groups is 1. The SMILES string of the molecule is CCc1nn(C)cc1CNS(=O)(=O)C(CC)C(N)=S. The first-order chi connectivity index (χ1) is 8.81. The molecule has 1 aromatic heterocycles. The number of nitrogens with zero attached hydrogens (tertiary/aromatic N) is 2. The second kappa shape index (κ2) is 6.44. The minimum atomic E-state index is -3.54. The molecule has 0 amide bonds. The van der Waals surface area contributed by atoms with Crippen molar-refractivity contribution >= 4 is 27.2 Å². The third-order valence-electron chi connectivity index (χ3n) is 2.85. The van der Waals surface area contributed by atoms with Gasteiger partial charge >= 0.3 is 0 Å². The number of aryl methyl sites for hydroxylation is 2. The van der Waals surface area contributed by atoms with Crippen molar-refractivity contribution in [1.82, 2.24) is 14.5 Å². The molecule has 1 rings (SSSR count). The summed E-state index contributed by atoms with van der Waals surface area (Å²) < 4.78 is 28.4. The predicted molar refractivity (Wildman–Crippen MR) is 79.2 cm³/mol. The van der Waals surface area contributed by atoms with Gasteiger partial charge in [0, 0.05) is 25.4 Å². The number of aromatic nitrogens is 2. The minimum Gasteiger partial charge on any atom is -0.392 e. The third-order valence-corrected chi connectivity index (χ3v) is 5.17. The molecule has 0 saturated heterocycles. The van der Waals surface area contributed by atoms with E-state index in [2.05, 4.69) is 9.82 Å². The van der Waals surface area contributed by atoms with E-state index in [9.17, 15) is 8.42 Å². The van der Waals surface area contributed by atoms with Gasteiger partial charge in [-0.2, -0.15) is 5.10 Å². The summed E-state index contributed by atoms with van der Waals surface area (Å²) in [5.74, 6) is 0. The van der Waals surface area contributed by atoms with Crippen molar-refractivity contribution in [2.24, 2.45) is 12.8 Å². The highest BCUT2D eigenvalue weighted by atomic mass is 32.2. The minimum absolute atomic E-state index is 0.00287. The van der Waals surface area contributed by atoms with Crippen LogP contribution in [-0.2, 0) is 30.0 Å². The number of sulfonamides is 1. The predicted octanol–water partition coefficient (Wildman–Crippen LogP) is 0.467. The standard InChI is InChI=1S/C11H20N4O2S2/c1-4-9-8(7-15(3)14-9)6-13-19(16,17)10(5-2)11(12)18/h7,10,13H,4-6H2,1-3H3,(H2,12,18). The molecule has 8 heteroatoms. The van der Waals surface area contributed by atoms with Crippen LogP contribution in [0.15, 0.2) is 6.20 Å². The lowest BCUT2D eigenvalue weighted by Crippen LogP contribution is -2.41. The molecule has 1 heterocycles. The van der Waals surface area contributed by atoms with Crippen molar-refractivity contribution in [1.29, 1.82) is 0 Å². The topological polar surface area (TPSA) is 90.0 Å². The lowest BCUT2D eigenvalue weighted by Gasteiger charge is -2.15. The van der Waals surface area contributed by atoms with Gasteiger partial charge in [0.25, 0.3) is 0 Å². The van der Waals surface area contributed by atoms with E-state index in [1.807, 2.05) is 13.1 Å². The number of hydrogen-bond donors (Lipinski definition) is 2. The van der Waals surface area contributed by atoms with Crippen LogP contribution in [0.25, 0.3) is 0 Å². The summed E-state index contributed by atoms with van der Waals surface area (Å²) in [7, 11) is -1.73. The lowest BCUT2D eigenvalue weighted by molar-refractivity contribution is 0.574. The number of hydrogen-bond acceptors (Lipinski definition) is 4. The Bertz CT molecular complexity index is 551. The Labute approximate surface area is 119 Å². The van der Waals surface area contributed by atoms with Crippen LogP contribution in [0, 0.1) is 0 Å². The van der Waals surface area contributed by atoms with Crippen LogP contribution in [0.5, 0.6) is 0 Å². The summed E-state index contributed by atoms with van der Waals surface area (Å²) >= 11 is 4.79. The van der Waals surface area contributed by atoms with Gasteiger partial charge in [0.15, 0.2) is 0 Å². The van der Waals surface area contributed by atoms with Crippen LogP contribution < -0.4 is 10.5 Å². The Morgan fingerprint density at radius 3 is 2.68 bits per heavy atom. The highest BCUT2D eigenvalue weighted by Gasteiger charge is 2.26. The lowest BCUT2D eigenvalue weighted by atomic mass is 10.2. The summed E-state index contributed by atoms with van der Waals surface area (Å²) in [4.78, 5) is -0.00287. The molecule has 1 unspecified atom stereocenters. The van der Waals surface area contributed by atoms with E-state index in [1.54, 1.807) is 18.7 Å². The molecule has 0 fully saturated rings. The molecule has 0 aliphatic carbocycles. The maximum absolute atomic E-state index is 12.1. The van der Waals surface area contributed by atoms with Crippen molar-refractivity contribution in [2.75, 3.05) is 0 Å². The zero-order valence-corrected chi connectivity index (χ0v) is 13.0.